The maximum atomic E-state index is 11.6. The number of rotatable bonds is 3. The molecule has 1 aromatic rings. The Kier molecular flexibility index (Phi) is 3.01. The van der Waals surface area contributed by atoms with Crippen LogP contribution in [0.3, 0.4) is 0 Å². The minimum absolute atomic E-state index is 0.168. The van der Waals surface area contributed by atoms with Crippen LogP contribution in [0.2, 0.25) is 0 Å². The highest BCUT2D eigenvalue weighted by Crippen LogP contribution is 2.26. The molecule has 1 fully saturated rings. The second kappa shape index (κ2) is 4.45. The first-order chi connectivity index (χ1) is 7.72. The largest absolute Gasteiger partial charge is 0.451 e. The van der Waals surface area contributed by atoms with E-state index in [1.54, 1.807) is 30.3 Å². The van der Waals surface area contributed by atoms with Gasteiger partial charge in [0.05, 0.1) is 12.2 Å². The summed E-state index contributed by atoms with van der Waals surface area (Å²) in [5, 5.41) is 8.76. The van der Waals surface area contributed by atoms with Gasteiger partial charge in [0.2, 0.25) is 0 Å². The van der Waals surface area contributed by atoms with Gasteiger partial charge in [-0.2, -0.15) is 0 Å². The summed E-state index contributed by atoms with van der Waals surface area (Å²) >= 11 is 0. The summed E-state index contributed by atoms with van der Waals surface area (Å²) in [6, 6.07) is 8.53. The summed E-state index contributed by atoms with van der Waals surface area (Å²) in [7, 11) is 0. The Morgan fingerprint density at radius 1 is 1.38 bits per heavy atom. The average molecular weight is 220 g/mol. The molecule has 1 aromatic carbocycles. The van der Waals surface area contributed by atoms with Crippen LogP contribution in [0.15, 0.2) is 30.3 Å². The third-order valence-corrected chi connectivity index (χ3v) is 2.70. The fourth-order valence-electron chi connectivity index (χ4n) is 1.64. The van der Waals surface area contributed by atoms with Crippen LogP contribution in [0, 0.1) is 5.92 Å². The molecule has 4 nitrogen and oxygen atoms in total. The molecule has 2 unspecified atom stereocenters. The van der Waals surface area contributed by atoms with Crippen LogP contribution < -0.4 is 0 Å². The molecule has 1 aliphatic carbocycles. The molecule has 0 radical (unpaired) electrons. The Bertz CT molecular complexity index is 399. The normalized spacial score (nSPS) is 23.7. The van der Waals surface area contributed by atoms with Crippen LogP contribution in [0.5, 0.6) is 0 Å². The number of benzene rings is 1. The SMILES string of the molecule is O=C(OC1CC(CO)C1=O)c1ccccc1. The monoisotopic (exact) mass is 220 g/mol. The lowest BCUT2D eigenvalue weighted by Crippen LogP contribution is -2.46. The minimum atomic E-state index is -0.676. The lowest BCUT2D eigenvalue weighted by molar-refractivity contribution is -0.145. The number of ketones is 1. The first kappa shape index (κ1) is 10.8. The number of aliphatic hydroxyl groups excluding tert-OH is 1. The molecule has 16 heavy (non-hydrogen) atoms. The van der Waals surface area contributed by atoms with E-state index in [9.17, 15) is 9.59 Å². The van der Waals surface area contributed by atoms with Gasteiger partial charge in [-0.3, -0.25) is 4.79 Å². The highest BCUT2D eigenvalue weighted by Gasteiger charge is 2.41. The molecule has 0 spiro atoms. The zero-order chi connectivity index (χ0) is 11.5. The van der Waals surface area contributed by atoms with Crippen LogP contribution >= 0.6 is 0 Å². The molecule has 1 aliphatic rings. The maximum Gasteiger partial charge on any atom is 0.338 e. The molecular weight excluding hydrogens is 208 g/mol. The van der Waals surface area contributed by atoms with E-state index in [0.717, 1.165) is 0 Å². The average Bonchev–Trinajstić information content (AvgIpc) is 2.34. The van der Waals surface area contributed by atoms with Crippen molar-refractivity contribution in [3.05, 3.63) is 35.9 Å². The molecule has 0 heterocycles. The van der Waals surface area contributed by atoms with Crippen LogP contribution in [-0.4, -0.2) is 29.6 Å². The van der Waals surface area contributed by atoms with Crippen LogP contribution in [0.25, 0.3) is 0 Å². The van der Waals surface area contributed by atoms with Crippen molar-refractivity contribution in [2.24, 2.45) is 5.92 Å². The number of carbonyl (C=O) groups is 2. The molecule has 1 N–H and O–H groups in total. The van der Waals surface area contributed by atoms with Crippen molar-refractivity contribution in [2.75, 3.05) is 6.61 Å². The van der Waals surface area contributed by atoms with E-state index in [0.29, 0.717) is 12.0 Å². The van der Waals surface area contributed by atoms with E-state index in [-0.39, 0.29) is 18.3 Å². The fourth-order valence-corrected chi connectivity index (χ4v) is 1.64. The number of hydrogen-bond donors (Lipinski definition) is 1. The van der Waals surface area contributed by atoms with Gasteiger partial charge in [0.25, 0.3) is 0 Å². The second-order valence-electron chi connectivity index (χ2n) is 3.78. The lowest BCUT2D eigenvalue weighted by Gasteiger charge is -2.31. The number of ether oxygens (including phenoxy) is 1. The van der Waals surface area contributed by atoms with Crippen LogP contribution in [0.1, 0.15) is 16.8 Å². The predicted octanol–water partition coefficient (Wildman–Crippen LogP) is 0.793. The summed E-state index contributed by atoms with van der Waals surface area (Å²) in [5.74, 6) is -1.03. The van der Waals surface area contributed by atoms with Gasteiger partial charge in [-0.25, -0.2) is 4.79 Å². The zero-order valence-electron chi connectivity index (χ0n) is 8.63. The number of hydrogen-bond acceptors (Lipinski definition) is 4. The summed E-state index contributed by atoms with van der Waals surface area (Å²) in [5.41, 5.74) is 0.433. The predicted molar refractivity (Wildman–Crippen MR) is 55.8 cm³/mol. The van der Waals surface area contributed by atoms with Crippen molar-refractivity contribution in [3.63, 3.8) is 0 Å². The quantitative estimate of drug-likeness (QED) is 0.765. The maximum absolute atomic E-state index is 11.6. The first-order valence-electron chi connectivity index (χ1n) is 5.13. The van der Waals surface area contributed by atoms with Gasteiger partial charge in [-0.05, 0) is 12.1 Å². The molecule has 0 saturated heterocycles. The van der Waals surface area contributed by atoms with Crippen molar-refractivity contribution < 1.29 is 19.4 Å². The van der Waals surface area contributed by atoms with Gasteiger partial charge in [0.1, 0.15) is 0 Å². The Hall–Kier alpha value is -1.68. The third-order valence-electron chi connectivity index (χ3n) is 2.70. The van der Waals surface area contributed by atoms with Gasteiger partial charge in [-0.1, -0.05) is 18.2 Å². The molecule has 0 aromatic heterocycles. The molecular formula is C12H12O4. The Morgan fingerprint density at radius 3 is 2.62 bits per heavy atom. The van der Waals surface area contributed by atoms with Crippen molar-refractivity contribution in [2.45, 2.75) is 12.5 Å². The third kappa shape index (κ3) is 1.97. The molecule has 2 atom stereocenters. The fraction of sp³-hybridized carbons (Fsp3) is 0.333. The molecule has 0 amide bonds. The summed E-state index contributed by atoms with van der Waals surface area (Å²) in [6.45, 7) is -0.168. The number of Topliss-reactive ketones (excluding diaryl/α,β-unsaturated/α-hetero) is 1. The van der Waals surface area contributed by atoms with Gasteiger partial charge < -0.3 is 9.84 Å². The van der Waals surface area contributed by atoms with Gasteiger partial charge in [0, 0.05) is 12.3 Å². The molecule has 84 valence electrons. The Labute approximate surface area is 92.8 Å². The standard InChI is InChI=1S/C12H12O4/c13-7-9-6-10(11(9)14)16-12(15)8-4-2-1-3-5-8/h1-5,9-10,13H,6-7H2. The molecule has 1 saturated carbocycles. The number of esters is 1. The van der Waals surface area contributed by atoms with E-state index in [1.807, 2.05) is 0 Å². The minimum Gasteiger partial charge on any atom is -0.451 e. The second-order valence-corrected chi connectivity index (χ2v) is 3.78. The van der Waals surface area contributed by atoms with Crippen molar-refractivity contribution >= 4 is 11.8 Å². The number of carbonyl (C=O) groups excluding carboxylic acids is 2. The smallest absolute Gasteiger partial charge is 0.338 e. The van der Waals surface area contributed by atoms with Gasteiger partial charge in [0.15, 0.2) is 11.9 Å². The zero-order valence-corrected chi connectivity index (χ0v) is 8.63. The van der Waals surface area contributed by atoms with Crippen molar-refractivity contribution in [1.29, 1.82) is 0 Å². The van der Waals surface area contributed by atoms with Crippen molar-refractivity contribution in [1.82, 2.24) is 0 Å². The Morgan fingerprint density at radius 2 is 2.06 bits per heavy atom. The van der Waals surface area contributed by atoms with Gasteiger partial charge in [-0.15, -0.1) is 0 Å². The van der Waals surface area contributed by atoms with Crippen LogP contribution in [0.4, 0.5) is 0 Å². The summed E-state index contributed by atoms with van der Waals surface area (Å²) in [4.78, 5) is 22.9. The lowest BCUT2D eigenvalue weighted by atomic mass is 9.81. The number of aliphatic hydroxyl groups is 1. The highest BCUT2D eigenvalue weighted by atomic mass is 16.5. The molecule has 4 heteroatoms. The first-order valence-corrected chi connectivity index (χ1v) is 5.13. The van der Waals surface area contributed by atoms with E-state index < -0.39 is 12.1 Å². The topological polar surface area (TPSA) is 63.6 Å². The van der Waals surface area contributed by atoms with Crippen LogP contribution in [-0.2, 0) is 9.53 Å². The molecule has 0 bridgehead atoms. The summed E-state index contributed by atoms with van der Waals surface area (Å²) in [6.07, 6.45) is -0.252. The van der Waals surface area contributed by atoms with E-state index in [1.165, 1.54) is 0 Å². The Balaban J connectivity index is 1.93. The van der Waals surface area contributed by atoms with E-state index in [4.69, 9.17) is 9.84 Å². The van der Waals surface area contributed by atoms with E-state index >= 15 is 0 Å². The van der Waals surface area contributed by atoms with E-state index in [2.05, 4.69) is 0 Å². The highest BCUT2D eigenvalue weighted by molar-refractivity contribution is 5.96. The molecule has 0 aliphatic heterocycles. The molecule has 2 rings (SSSR count). The van der Waals surface area contributed by atoms with Crippen molar-refractivity contribution in [3.8, 4) is 0 Å². The van der Waals surface area contributed by atoms with Gasteiger partial charge >= 0.3 is 5.97 Å². The summed E-state index contributed by atoms with van der Waals surface area (Å²) < 4.78 is 5.02.